The number of carbonyl (C=O) groups excluding carboxylic acids is 1. The van der Waals surface area contributed by atoms with E-state index in [-0.39, 0.29) is 11.7 Å². The molecule has 0 aliphatic heterocycles. The first-order valence-electron chi connectivity index (χ1n) is 7.67. The van der Waals surface area contributed by atoms with Gasteiger partial charge in [0.05, 0.1) is 24.8 Å². The van der Waals surface area contributed by atoms with Crippen LogP contribution in [0.5, 0.6) is 0 Å². The molecule has 0 saturated heterocycles. The van der Waals surface area contributed by atoms with Crippen LogP contribution in [0.2, 0.25) is 0 Å². The van der Waals surface area contributed by atoms with E-state index in [2.05, 4.69) is 22.4 Å². The van der Waals surface area contributed by atoms with Crippen molar-refractivity contribution in [3.05, 3.63) is 42.6 Å². The molecule has 0 fully saturated rings. The zero-order valence-electron chi connectivity index (χ0n) is 13.3. The number of thioether (sulfide) groups is 1. The summed E-state index contributed by atoms with van der Waals surface area (Å²) in [6.07, 6.45) is 4.12. The van der Waals surface area contributed by atoms with Crippen LogP contribution in [0.15, 0.2) is 50.8 Å². The fraction of sp³-hybridized carbons (Fsp3) is 0.312. The van der Waals surface area contributed by atoms with Crippen LogP contribution in [0, 0.1) is 0 Å². The van der Waals surface area contributed by atoms with Crippen molar-refractivity contribution in [1.29, 1.82) is 0 Å². The quantitative estimate of drug-likeness (QED) is 0.631. The van der Waals surface area contributed by atoms with Crippen LogP contribution in [0.3, 0.4) is 0 Å². The minimum Gasteiger partial charge on any atom is -0.467 e. The van der Waals surface area contributed by atoms with Crippen LogP contribution in [0.25, 0.3) is 11.6 Å². The zero-order valence-corrected chi connectivity index (χ0v) is 14.1. The smallest absolute Gasteiger partial charge is 0.230 e. The van der Waals surface area contributed by atoms with E-state index in [4.69, 9.17) is 8.83 Å². The third-order valence-electron chi connectivity index (χ3n) is 3.28. The van der Waals surface area contributed by atoms with Crippen molar-refractivity contribution in [3.8, 4) is 11.6 Å². The summed E-state index contributed by atoms with van der Waals surface area (Å²) in [5, 5.41) is 11.9. The van der Waals surface area contributed by atoms with Crippen molar-refractivity contribution in [2.45, 2.75) is 31.6 Å². The SMILES string of the molecule is CCCn1c(SCC(=O)NCc2ccco2)nnc1-c1ccco1. The van der Waals surface area contributed by atoms with E-state index in [1.165, 1.54) is 11.8 Å². The summed E-state index contributed by atoms with van der Waals surface area (Å²) in [5.74, 6) is 2.26. The third-order valence-corrected chi connectivity index (χ3v) is 4.24. The Bertz CT molecular complexity index is 765. The van der Waals surface area contributed by atoms with Crippen LogP contribution in [0.1, 0.15) is 19.1 Å². The third kappa shape index (κ3) is 3.88. The number of amides is 1. The van der Waals surface area contributed by atoms with Crippen molar-refractivity contribution in [1.82, 2.24) is 20.1 Å². The molecule has 0 saturated carbocycles. The van der Waals surface area contributed by atoms with E-state index in [1.807, 2.05) is 22.8 Å². The number of carbonyl (C=O) groups is 1. The Balaban J connectivity index is 1.61. The summed E-state index contributed by atoms with van der Waals surface area (Å²) in [5.41, 5.74) is 0. The molecule has 0 spiro atoms. The molecule has 3 heterocycles. The number of furan rings is 2. The Morgan fingerprint density at radius 1 is 1.25 bits per heavy atom. The lowest BCUT2D eigenvalue weighted by atomic mass is 10.4. The number of aromatic nitrogens is 3. The highest BCUT2D eigenvalue weighted by Crippen LogP contribution is 2.24. The second-order valence-corrected chi connectivity index (χ2v) is 6.02. The van der Waals surface area contributed by atoms with Crippen LogP contribution in [-0.4, -0.2) is 26.4 Å². The molecule has 1 amide bonds. The molecule has 0 aromatic carbocycles. The Labute approximate surface area is 143 Å². The van der Waals surface area contributed by atoms with E-state index in [0.717, 1.165) is 18.7 Å². The molecular weight excluding hydrogens is 328 g/mol. The maximum absolute atomic E-state index is 12.0. The van der Waals surface area contributed by atoms with Crippen LogP contribution in [-0.2, 0) is 17.9 Å². The van der Waals surface area contributed by atoms with E-state index < -0.39 is 0 Å². The summed E-state index contributed by atoms with van der Waals surface area (Å²) in [4.78, 5) is 12.0. The fourth-order valence-electron chi connectivity index (χ4n) is 2.19. The van der Waals surface area contributed by atoms with Crippen molar-refractivity contribution < 1.29 is 13.6 Å². The largest absolute Gasteiger partial charge is 0.467 e. The highest BCUT2D eigenvalue weighted by Gasteiger charge is 2.16. The molecule has 7 nitrogen and oxygen atoms in total. The van der Waals surface area contributed by atoms with Gasteiger partial charge >= 0.3 is 0 Å². The molecule has 8 heteroatoms. The van der Waals surface area contributed by atoms with Gasteiger partial charge in [-0.25, -0.2) is 0 Å². The standard InChI is InChI=1S/C16H18N4O3S/c1-2-7-20-15(13-6-4-9-23-13)18-19-16(20)24-11-14(21)17-10-12-5-3-8-22-12/h3-6,8-9H,2,7,10-11H2,1H3,(H,17,21). The normalized spacial score (nSPS) is 10.9. The van der Waals surface area contributed by atoms with Gasteiger partial charge in [0, 0.05) is 6.54 Å². The highest BCUT2D eigenvalue weighted by atomic mass is 32.2. The Hall–Kier alpha value is -2.48. The van der Waals surface area contributed by atoms with Gasteiger partial charge in [0.2, 0.25) is 5.91 Å². The molecule has 3 aromatic heterocycles. The molecule has 1 N–H and O–H groups in total. The molecule has 3 aromatic rings. The summed E-state index contributed by atoms with van der Waals surface area (Å²) in [6.45, 7) is 3.22. The summed E-state index contributed by atoms with van der Waals surface area (Å²) >= 11 is 1.36. The average Bonchev–Trinajstić information content (AvgIpc) is 3.32. The lowest BCUT2D eigenvalue weighted by Gasteiger charge is -2.07. The van der Waals surface area contributed by atoms with Gasteiger partial charge < -0.3 is 14.2 Å². The van der Waals surface area contributed by atoms with E-state index >= 15 is 0 Å². The van der Waals surface area contributed by atoms with Crippen molar-refractivity contribution in [2.24, 2.45) is 0 Å². The Kier molecular flexibility index (Phi) is 5.37. The van der Waals surface area contributed by atoms with Gasteiger partial charge in [-0.1, -0.05) is 18.7 Å². The second-order valence-electron chi connectivity index (χ2n) is 5.08. The first-order chi connectivity index (χ1) is 11.8. The number of rotatable bonds is 8. The molecule has 0 unspecified atom stereocenters. The summed E-state index contributed by atoms with van der Waals surface area (Å²) in [6, 6.07) is 7.27. The second kappa shape index (κ2) is 7.87. The van der Waals surface area contributed by atoms with Crippen molar-refractivity contribution in [3.63, 3.8) is 0 Å². The first kappa shape index (κ1) is 16.4. The fourth-order valence-corrected chi connectivity index (χ4v) is 2.98. The lowest BCUT2D eigenvalue weighted by Crippen LogP contribution is -2.24. The molecular formula is C16H18N4O3S. The van der Waals surface area contributed by atoms with E-state index in [1.54, 1.807) is 18.6 Å². The average molecular weight is 346 g/mol. The number of hydrogen-bond donors (Lipinski definition) is 1. The molecule has 0 radical (unpaired) electrons. The van der Waals surface area contributed by atoms with Gasteiger partial charge in [0.15, 0.2) is 16.7 Å². The Morgan fingerprint density at radius 3 is 2.79 bits per heavy atom. The summed E-state index contributed by atoms with van der Waals surface area (Å²) < 4.78 is 12.6. The molecule has 0 bridgehead atoms. The highest BCUT2D eigenvalue weighted by molar-refractivity contribution is 7.99. The zero-order chi connectivity index (χ0) is 16.8. The van der Waals surface area contributed by atoms with Crippen molar-refractivity contribution >= 4 is 17.7 Å². The van der Waals surface area contributed by atoms with Gasteiger partial charge in [0.1, 0.15) is 5.76 Å². The topological polar surface area (TPSA) is 86.1 Å². The molecule has 126 valence electrons. The Morgan fingerprint density at radius 2 is 2.08 bits per heavy atom. The molecule has 3 rings (SSSR count). The number of nitrogens with zero attached hydrogens (tertiary/aromatic N) is 3. The van der Waals surface area contributed by atoms with Gasteiger partial charge in [-0.05, 0) is 30.7 Å². The summed E-state index contributed by atoms with van der Waals surface area (Å²) in [7, 11) is 0. The predicted octanol–water partition coefficient (Wildman–Crippen LogP) is 2.95. The van der Waals surface area contributed by atoms with Crippen LogP contribution in [0.4, 0.5) is 0 Å². The molecule has 0 atom stereocenters. The molecule has 0 aliphatic carbocycles. The van der Waals surface area contributed by atoms with E-state index in [0.29, 0.717) is 23.3 Å². The van der Waals surface area contributed by atoms with Gasteiger partial charge in [-0.2, -0.15) is 0 Å². The van der Waals surface area contributed by atoms with Crippen LogP contribution < -0.4 is 5.32 Å². The maximum atomic E-state index is 12.0. The predicted molar refractivity (Wildman–Crippen MR) is 89.3 cm³/mol. The molecule has 0 aliphatic rings. The van der Waals surface area contributed by atoms with E-state index in [9.17, 15) is 4.79 Å². The van der Waals surface area contributed by atoms with Gasteiger partial charge in [0.25, 0.3) is 0 Å². The first-order valence-corrected chi connectivity index (χ1v) is 8.65. The monoisotopic (exact) mass is 346 g/mol. The van der Waals surface area contributed by atoms with Gasteiger partial charge in [-0.3, -0.25) is 9.36 Å². The number of hydrogen-bond acceptors (Lipinski definition) is 6. The number of nitrogens with one attached hydrogen (secondary N) is 1. The molecule has 24 heavy (non-hydrogen) atoms. The maximum Gasteiger partial charge on any atom is 0.230 e. The minimum atomic E-state index is -0.0815. The van der Waals surface area contributed by atoms with Gasteiger partial charge in [-0.15, -0.1) is 10.2 Å². The van der Waals surface area contributed by atoms with Crippen LogP contribution >= 0.6 is 11.8 Å². The minimum absolute atomic E-state index is 0.0815. The van der Waals surface area contributed by atoms with Crippen molar-refractivity contribution in [2.75, 3.05) is 5.75 Å². The lowest BCUT2D eigenvalue weighted by molar-refractivity contribution is -0.118.